The summed E-state index contributed by atoms with van der Waals surface area (Å²) in [5.74, 6) is -0.505. The highest BCUT2D eigenvalue weighted by molar-refractivity contribution is 5.29. The first-order chi connectivity index (χ1) is 11.5. The third-order valence-corrected chi connectivity index (χ3v) is 4.48. The van der Waals surface area contributed by atoms with E-state index in [9.17, 15) is 14.3 Å². The Kier molecular flexibility index (Phi) is 4.97. The molecule has 5 nitrogen and oxygen atoms in total. The second-order valence-electron chi connectivity index (χ2n) is 6.33. The monoisotopic (exact) mass is 331 g/mol. The van der Waals surface area contributed by atoms with E-state index in [-0.39, 0.29) is 11.6 Å². The van der Waals surface area contributed by atoms with Crippen LogP contribution in [0.5, 0.6) is 5.75 Å². The lowest BCUT2D eigenvalue weighted by Crippen LogP contribution is -2.44. The van der Waals surface area contributed by atoms with Crippen molar-refractivity contribution < 1.29 is 9.50 Å². The summed E-state index contributed by atoms with van der Waals surface area (Å²) in [5, 5.41) is 10.3. The number of halogens is 1. The van der Waals surface area contributed by atoms with Crippen LogP contribution in [-0.2, 0) is 13.1 Å². The van der Waals surface area contributed by atoms with Crippen LogP contribution >= 0.6 is 0 Å². The van der Waals surface area contributed by atoms with E-state index in [2.05, 4.69) is 16.8 Å². The minimum absolute atomic E-state index is 0.196. The molecule has 0 saturated carbocycles. The van der Waals surface area contributed by atoms with Crippen LogP contribution in [0.25, 0.3) is 0 Å². The first-order valence-electron chi connectivity index (χ1n) is 8.09. The molecule has 0 radical (unpaired) electrons. The number of nitrogens with zero attached hydrogens (tertiary/aromatic N) is 3. The second-order valence-corrected chi connectivity index (χ2v) is 6.33. The van der Waals surface area contributed by atoms with Gasteiger partial charge in [0.15, 0.2) is 5.75 Å². The van der Waals surface area contributed by atoms with Gasteiger partial charge in [-0.05, 0) is 30.8 Å². The molecule has 2 heterocycles. The van der Waals surface area contributed by atoms with Crippen molar-refractivity contribution >= 4 is 0 Å². The number of hydrogen-bond donors (Lipinski definition) is 1. The number of aromatic nitrogens is 1. The molecule has 128 valence electrons. The maximum Gasteiger partial charge on any atom is 0.293 e. The molecule has 3 rings (SSSR count). The van der Waals surface area contributed by atoms with Crippen molar-refractivity contribution in [3.63, 3.8) is 0 Å². The quantitative estimate of drug-likeness (QED) is 0.922. The Bertz CT molecular complexity index is 750. The summed E-state index contributed by atoms with van der Waals surface area (Å²) in [7, 11) is 2.09. The Balaban J connectivity index is 1.73. The summed E-state index contributed by atoms with van der Waals surface area (Å²) in [6.07, 6.45) is 1.69. The fraction of sp³-hybridized carbons (Fsp3) is 0.389. The van der Waals surface area contributed by atoms with Crippen molar-refractivity contribution in [2.24, 2.45) is 0 Å². The minimum atomic E-state index is -0.411. The molecule has 1 aromatic carbocycles. The van der Waals surface area contributed by atoms with E-state index in [0.717, 1.165) is 31.7 Å². The highest BCUT2D eigenvalue weighted by Gasteiger charge is 2.17. The van der Waals surface area contributed by atoms with E-state index in [1.807, 2.05) is 0 Å². The van der Waals surface area contributed by atoms with Crippen LogP contribution in [0.15, 0.2) is 41.3 Å². The fourth-order valence-corrected chi connectivity index (χ4v) is 2.89. The van der Waals surface area contributed by atoms with Crippen LogP contribution < -0.4 is 5.56 Å². The van der Waals surface area contributed by atoms with Crippen molar-refractivity contribution in [2.75, 3.05) is 33.2 Å². The highest BCUT2D eigenvalue weighted by Crippen LogP contribution is 2.15. The van der Waals surface area contributed by atoms with Gasteiger partial charge in [-0.1, -0.05) is 12.1 Å². The number of rotatable bonds is 4. The van der Waals surface area contributed by atoms with Gasteiger partial charge in [0.2, 0.25) is 0 Å². The van der Waals surface area contributed by atoms with Crippen LogP contribution in [0.2, 0.25) is 0 Å². The highest BCUT2D eigenvalue weighted by atomic mass is 19.1. The lowest BCUT2D eigenvalue weighted by molar-refractivity contribution is 0.147. The SMILES string of the molecule is CN1CCN(Cc2ccn(Cc3ccc(F)cc3)c(=O)c2O)CC1. The smallest absolute Gasteiger partial charge is 0.293 e. The Hall–Kier alpha value is -2.18. The number of aromatic hydroxyl groups is 1. The molecule has 1 aliphatic heterocycles. The van der Waals surface area contributed by atoms with Crippen LogP contribution in [0.3, 0.4) is 0 Å². The molecule has 0 atom stereocenters. The number of piperazine rings is 1. The molecule has 0 unspecified atom stereocenters. The van der Waals surface area contributed by atoms with E-state index in [0.29, 0.717) is 18.7 Å². The number of hydrogen-bond acceptors (Lipinski definition) is 4. The third-order valence-electron chi connectivity index (χ3n) is 4.48. The van der Waals surface area contributed by atoms with Gasteiger partial charge in [0.25, 0.3) is 5.56 Å². The summed E-state index contributed by atoms with van der Waals surface area (Å²) in [5.41, 5.74) is 1.05. The molecule has 2 aromatic rings. The predicted octanol–water partition coefficient (Wildman–Crippen LogP) is 1.49. The Labute approximate surface area is 140 Å². The van der Waals surface area contributed by atoms with Gasteiger partial charge in [-0.25, -0.2) is 4.39 Å². The Morgan fingerprint density at radius 3 is 2.38 bits per heavy atom. The largest absolute Gasteiger partial charge is 0.503 e. The van der Waals surface area contributed by atoms with Crippen molar-refractivity contribution in [3.05, 3.63) is 63.8 Å². The van der Waals surface area contributed by atoms with Gasteiger partial charge in [-0.3, -0.25) is 9.69 Å². The molecule has 24 heavy (non-hydrogen) atoms. The van der Waals surface area contributed by atoms with Crippen molar-refractivity contribution in [1.29, 1.82) is 0 Å². The molecule has 1 N–H and O–H groups in total. The first kappa shape index (κ1) is 16.7. The molecule has 0 amide bonds. The van der Waals surface area contributed by atoms with E-state index < -0.39 is 5.56 Å². The maximum atomic E-state index is 13.0. The van der Waals surface area contributed by atoms with E-state index >= 15 is 0 Å². The zero-order chi connectivity index (χ0) is 17.1. The molecular formula is C18H22FN3O2. The molecule has 0 spiro atoms. The van der Waals surface area contributed by atoms with Crippen LogP contribution in [0.4, 0.5) is 4.39 Å². The zero-order valence-corrected chi connectivity index (χ0v) is 13.8. The summed E-state index contributed by atoms with van der Waals surface area (Å²) in [4.78, 5) is 16.9. The predicted molar refractivity (Wildman–Crippen MR) is 90.6 cm³/mol. The number of pyridine rings is 1. The third kappa shape index (κ3) is 3.83. The van der Waals surface area contributed by atoms with Crippen LogP contribution in [0, 0.1) is 5.82 Å². The fourth-order valence-electron chi connectivity index (χ4n) is 2.89. The first-order valence-corrected chi connectivity index (χ1v) is 8.09. The van der Waals surface area contributed by atoms with Gasteiger partial charge in [-0.15, -0.1) is 0 Å². The summed E-state index contributed by atoms with van der Waals surface area (Å²) in [6.45, 7) is 4.71. The maximum absolute atomic E-state index is 13.0. The minimum Gasteiger partial charge on any atom is -0.503 e. The summed E-state index contributed by atoms with van der Waals surface area (Å²) < 4.78 is 14.4. The van der Waals surface area contributed by atoms with Crippen LogP contribution in [-0.4, -0.2) is 52.7 Å². The standard InChI is InChI=1S/C18H22FN3O2/c1-20-8-10-21(11-9-20)13-15-6-7-22(18(24)17(15)23)12-14-2-4-16(19)5-3-14/h2-7,23H,8-13H2,1H3. The molecule has 1 aliphatic rings. The molecular weight excluding hydrogens is 309 g/mol. The van der Waals surface area contributed by atoms with Crippen LogP contribution in [0.1, 0.15) is 11.1 Å². The number of benzene rings is 1. The lowest BCUT2D eigenvalue weighted by atomic mass is 10.2. The van der Waals surface area contributed by atoms with Gasteiger partial charge in [0.05, 0.1) is 6.54 Å². The van der Waals surface area contributed by atoms with Gasteiger partial charge in [0, 0.05) is 44.5 Å². The molecule has 1 saturated heterocycles. The van der Waals surface area contributed by atoms with Gasteiger partial charge in [-0.2, -0.15) is 0 Å². The molecule has 0 bridgehead atoms. The Morgan fingerprint density at radius 1 is 1.04 bits per heavy atom. The normalized spacial score (nSPS) is 16.4. The van der Waals surface area contributed by atoms with Gasteiger partial charge < -0.3 is 14.6 Å². The molecule has 0 aliphatic carbocycles. The molecule has 1 aromatic heterocycles. The topological polar surface area (TPSA) is 48.7 Å². The molecule has 1 fully saturated rings. The zero-order valence-electron chi connectivity index (χ0n) is 13.8. The van der Waals surface area contributed by atoms with Crippen molar-refractivity contribution in [1.82, 2.24) is 14.4 Å². The number of likely N-dealkylation sites (N-methyl/N-ethyl adjacent to an activating group) is 1. The average Bonchev–Trinajstić information content (AvgIpc) is 2.58. The van der Waals surface area contributed by atoms with Gasteiger partial charge in [0.1, 0.15) is 5.82 Å². The van der Waals surface area contributed by atoms with Crippen molar-refractivity contribution in [3.8, 4) is 5.75 Å². The van der Waals surface area contributed by atoms with E-state index in [1.165, 1.54) is 16.7 Å². The summed E-state index contributed by atoms with van der Waals surface area (Å²) in [6, 6.07) is 7.79. The molecule has 6 heteroatoms. The van der Waals surface area contributed by atoms with Crippen molar-refractivity contribution in [2.45, 2.75) is 13.1 Å². The van der Waals surface area contributed by atoms with Gasteiger partial charge >= 0.3 is 0 Å². The van der Waals surface area contributed by atoms with E-state index in [1.54, 1.807) is 24.4 Å². The lowest BCUT2D eigenvalue weighted by Gasteiger charge is -2.32. The second kappa shape index (κ2) is 7.15. The Morgan fingerprint density at radius 2 is 1.71 bits per heavy atom. The average molecular weight is 331 g/mol. The summed E-state index contributed by atoms with van der Waals surface area (Å²) >= 11 is 0. The van der Waals surface area contributed by atoms with E-state index in [4.69, 9.17) is 0 Å².